The minimum Gasteiger partial charge on any atom is -0.476 e. The van der Waals surface area contributed by atoms with E-state index in [-0.39, 0.29) is 5.69 Å². The Labute approximate surface area is 108 Å². The Hall–Kier alpha value is -2.83. The number of aromatic nitrogens is 1. The molecule has 98 valence electrons. The summed E-state index contributed by atoms with van der Waals surface area (Å²) in [4.78, 5) is 23.1. The molecule has 0 saturated heterocycles. The third-order valence-corrected chi connectivity index (χ3v) is 2.58. The smallest absolute Gasteiger partial charge is 0.358 e. The molecule has 1 aromatic carbocycles. The number of carboxylic acid groups (broad SMARTS) is 1. The first-order valence-electron chi connectivity index (χ1n) is 5.32. The van der Waals surface area contributed by atoms with Crippen molar-refractivity contribution in [1.29, 1.82) is 0 Å². The van der Waals surface area contributed by atoms with E-state index in [9.17, 15) is 9.59 Å². The molecule has 2 amide bonds. The first kappa shape index (κ1) is 12.6. The molecule has 3 N–H and O–H groups in total. The number of benzene rings is 1. The molecular weight excluding hydrogens is 250 g/mol. The van der Waals surface area contributed by atoms with Crippen LogP contribution in [0.15, 0.2) is 34.9 Å². The zero-order chi connectivity index (χ0) is 14.0. The lowest BCUT2D eigenvalue weighted by Gasteiger charge is -2.14. The van der Waals surface area contributed by atoms with Crippen molar-refractivity contribution in [2.24, 2.45) is 5.73 Å². The van der Waals surface area contributed by atoms with Gasteiger partial charge in [-0.3, -0.25) is 4.90 Å². The summed E-state index contributed by atoms with van der Waals surface area (Å²) in [6.45, 7) is 0. The molecule has 0 fully saturated rings. The van der Waals surface area contributed by atoms with Crippen LogP contribution in [0.5, 0.6) is 0 Å². The molecule has 0 radical (unpaired) electrons. The van der Waals surface area contributed by atoms with Crippen molar-refractivity contribution in [3.63, 3.8) is 0 Å². The van der Waals surface area contributed by atoms with E-state index >= 15 is 0 Å². The van der Waals surface area contributed by atoms with E-state index in [0.717, 1.165) is 0 Å². The Morgan fingerprint density at radius 1 is 1.37 bits per heavy atom. The highest BCUT2D eigenvalue weighted by atomic mass is 16.5. The van der Waals surface area contributed by atoms with Gasteiger partial charge in [-0.15, -0.1) is 0 Å². The van der Waals surface area contributed by atoms with Gasteiger partial charge in [-0.1, -0.05) is 17.3 Å². The SMILES string of the molecule is CN(C(N)=O)c1cccc(-c2cc(C(=O)O)no2)c1. The van der Waals surface area contributed by atoms with Gasteiger partial charge in [0.25, 0.3) is 0 Å². The predicted octanol–water partition coefficient (Wildman–Crippen LogP) is 1.55. The molecule has 0 aliphatic carbocycles. The van der Waals surface area contributed by atoms with E-state index in [1.165, 1.54) is 18.0 Å². The van der Waals surface area contributed by atoms with Gasteiger partial charge in [-0.05, 0) is 12.1 Å². The largest absolute Gasteiger partial charge is 0.476 e. The molecule has 0 unspecified atom stereocenters. The molecule has 0 saturated carbocycles. The molecule has 2 rings (SSSR count). The van der Waals surface area contributed by atoms with Crippen LogP contribution in [0.2, 0.25) is 0 Å². The van der Waals surface area contributed by atoms with Crippen LogP contribution in [0, 0.1) is 0 Å². The lowest BCUT2D eigenvalue weighted by molar-refractivity contribution is 0.0686. The van der Waals surface area contributed by atoms with Gasteiger partial charge >= 0.3 is 12.0 Å². The summed E-state index contributed by atoms with van der Waals surface area (Å²) < 4.78 is 4.94. The van der Waals surface area contributed by atoms with Gasteiger partial charge in [0, 0.05) is 24.4 Å². The van der Waals surface area contributed by atoms with E-state index < -0.39 is 12.0 Å². The summed E-state index contributed by atoms with van der Waals surface area (Å²) in [5, 5.41) is 12.2. The Morgan fingerprint density at radius 3 is 2.68 bits per heavy atom. The minimum absolute atomic E-state index is 0.177. The van der Waals surface area contributed by atoms with E-state index in [0.29, 0.717) is 17.0 Å². The standard InChI is InChI=1S/C12H11N3O4/c1-15(12(13)18)8-4-2-3-7(5-8)10-6-9(11(16)17)14-19-10/h2-6H,1H3,(H2,13,18)(H,16,17). The summed E-state index contributed by atoms with van der Waals surface area (Å²) in [7, 11) is 1.53. The van der Waals surface area contributed by atoms with E-state index in [1.54, 1.807) is 24.3 Å². The van der Waals surface area contributed by atoms with Gasteiger partial charge in [0.15, 0.2) is 11.5 Å². The van der Waals surface area contributed by atoms with Crippen LogP contribution in [0.3, 0.4) is 0 Å². The van der Waals surface area contributed by atoms with Gasteiger partial charge in [-0.2, -0.15) is 0 Å². The number of aromatic carboxylic acids is 1. The van der Waals surface area contributed by atoms with Crippen molar-refractivity contribution in [2.45, 2.75) is 0 Å². The Kier molecular flexibility index (Phi) is 3.19. The van der Waals surface area contributed by atoms with E-state index in [2.05, 4.69) is 5.16 Å². The maximum absolute atomic E-state index is 11.1. The summed E-state index contributed by atoms with van der Waals surface area (Å²) in [5.41, 5.74) is 6.17. The van der Waals surface area contributed by atoms with Crippen molar-refractivity contribution in [2.75, 3.05) is 11.9 Å². The second-order valence-electron chi connectivity index (χ2n) is 3.83. The molecule has 1 heterocycles. The minimum atomic E-state index is -1.17. The topological polar surface area (TPSA) is 110 Å². The number of nitrogens with zero attached hydrogens (tertiary/aromatic N) is 2. The van der Waals surface area contributed by atoms with Crippen molar-refractivity contribution in [3.8, 4) is 11.3 Å². The molecule has 0 aliphatic rings. The van der Waals surface area contributed by atoms with Crippen LogP contribution >= 0.6 is 0 Å². The quantitative estimate of drug-likeness (QED) is 0.871. The Morgan fingerprint density at radius 2 is 2.11 bits per heavy atom. The van der Waals surface area contributed by atoms with Crippen molar-refractivity contribution in [3.05, 3.63) is 36.0 Å². The number of carbonyl (C=O) groups is 2. The lowest BCUT2D eigenvalue weighted by atomic mass is 10.1. The fourth-order valence-corrected chi connectivity index (χ4v) is 1.51. The van der Waals surface area contributed by atoms with Crippen LogP contribution in [-0.4, -0.2) is 29.3 Å². The number of hydrogen-bond donors (Lipinski definition) is 2. The average molecular weight is 261 g/mol. The van der Waals surface area contributed by atoms with Crippen LogP contribution in [-0.2, 0) is 0 Å². The first-order chi connectivity index (χ1) is 8.99. The Bertz CT molecular complexity index is 635. The van der Waals surface area contributed by atoms with Gasteiger partial charge in [0.2, 0.25) is 0 Å². The maximum atomic E-state index is 11.1. The molecule has 1 aromatic heterocycles. The van der Waals surface area contributed by atoms with Crippen molar-refractivity contribution in [1.82, 2.24) is 5.16 Å². The number of amides is 2. The molecule has 0 spiro atoms. The second kappa shape index (κ2) is 4.81. The molecule has 2 aromatic rings. The molecule has 7 nitrogen and oxygen atoms in total. The van der Waals surface area contributed by atoms with Crippen LogP contribution in [0.4, 0.5) is 10.5 Å². The van der Waals surface area contributed by atoms with Gasteiger partial charge in [-0.25, -0.2) is 9.59 Å². The summed E-state index contributed by atoms with van der Waals surface area (Å²) in [5.74, 6) is -0.863. The van der Waals surface area contributed by atoms with Crippen LogP contribution in [0.1, 0.15) is 10.5 Å². The number of rotatable bonds is 3. The number of hydrogen-bond acceptors (Lipinski definition) is 4. The highest BCUT2D eigenvalue weighted by molar-refractivity contribution is 5.91. The predicted molar refractivity (Wildman–Crippen MR) is 66.9 cm³/mol. The molecule has 0 atom stereocenters. The van der Waals surface area contributed by atoms with Gasteiger partial charge in [0.1, 0.15) is 0 Å². The number of primary amides is 1. The number of urea groups is 1. The third kappa shape index (κ3) is 2.54. The third-order valence-electron chi connectivity index (χ3n) is 2.58. The number of carbonyl (C=O) groups excluding carboxylic acids is 1. The van der Waals surface area contributed by atoms with Crippen molar-refractivity contribution < 1.29 is 19.2 Å². The molecule has 0 bridgehead atoms. The summed E-state index contributed by atoms with van der Waals surface area (Å²) in [6, 6.07) is 7.48. The summed E-state index contributed by atoms with van der Waals surface area (Å²) >= 11 is 0. The van der Waals surface area contributed by atoms with Crippen LogP contribution in [0.25, 0.3) is 11.3 Å². The van der Waals surface area contributed by atoms with E-state index in [4.69, 9.17) is 15.4 Å². The first-order valence-corrected chi connectivity index (χ1v) is 5.32. The second-order valence-corrected chi connectivity index (χ2v) is 3.83. The highest BCUT2D eigenvalue weighted by Gasteiger charge is 2.13. The van der Waals surface area contributed by atoms with Gasteiger partial charge in [0.05, 0.1) is 0 Å². The van der Waals surface area contributed by atoms with Gasteiger partial charge < -0.3 is 15.4 Å². The number of anilines is 1. The zero-order valence-electron chi connectivity index (χ0n) is 10.0. The zero-order valence-corrected chi connectivity index (χ0v) is 10.0. The molecule has 19 heavy (non-hydrogen) atoms. The fourth-order valence-electron chi connectivity index (χ4n) is 1.51. The van der Waals surface area contributed by atoms with Crippen LogP contribution < -0.4 is 10.6 Å². The Balaban J connectivity index is 2.37. The molecular formula is C12H11N3O4. The highest BCUT2D eigenvalue weighted by Crippen LogP contribution is 2.24. The normalized spacial score (nSPS) is 10.2. The number of carboxylic acids is 1. The summed E-state index contributed by atoms with van der Waals surface area (Å²) in [6.07, 6.45) is 0. The average Bonchev–Trinajstić information content (AvgIpc) is 2.87. The van der Waals surface area contributed by atoms with Crippen molar-refractivity contribution >= 4 is 17.7 Å². The van der Waals surface area contributed by atoms with E-state index in [1.807, 2.05) is 0 Å². The number of nitrogens with two attached hydrogens (primary N) is 1. The lowest BCUT2D eigenvalue weighted by Crippen LogP contribution is -2.31. The molecule has 0 aliphatic heterocycles. The monoisotopic (exact) mass is 261 g/mol. The molecule has 7 heteroatoms. The maximum Gasteiger partial charge on any atom is 0.358 e. The fraction of sp³-hybridized carbons (Fsp3) is 0.0833.